The van der Waals surface area contributed by atoms with Crippen molar-refractivity contribution in [2.24, 2.45) is 5.92 Å². The van der Waals surface area contributed by atoms with Crippen LogP contribution in [0.5, 0.6) is 0 Å². The fourth-order valence-corrected chi connectivity index (χ4v) is 2.69. The molecule has 0 aromatic heterocycles. The summed E-state index contributed by atoms with van der Waals surface area (Å²) >= 11 is 0. The quantitative estimate of drug-likeness (QED) is 0.899. The van der Waals surface area contributed by atoms with E-state index in [1.165, 1.54) is 0 Å². The molecular weight excluding hydrogens is 268 g/mol. The number of benzene rings is 1. The molecule has 0 spiro atoms. The van der Waals surface area contributed by atoms with E-state index in [0.717, 1.165) is 31.6 Å². The van der Waals surface area contributed by atoms with E-state index < -0.39 is 5.97 Å². The zero-order valence-electron chi connectivity index (χ0n) is 12.4. The number of hydrogen-bond donors (Lipinski definition) is 1. The molecule has 114 valence electrons. The molecule has 5 nitrogen and oxygen atoms in total. The maximum Gasteiger partial charge on any atom is 0.303 e. The highest BCUT2D eigenvalue weighted by molar-refractivity contribution is 5.94. The molecule has 1 heterocycles. The number of rotatable bonds is 5. The van der Waals surface area contributed by atoms with Crippen molar-refractivity contribution in [1.82, 2.24) is 4.90 Å². The molecule has 1 aliphatic rings. The second-order valence-corrected chi connectivity index (χ2v) is 5.61. The summed E-state index contributed by atoms with van der Waals surface area (Å²) in [5.41, 5.74) is 0.892. The summed E-state index contributed by atoms with van der Waals surface area (Å²) in [7, 11) is 1.79. The molecule has 0 bridgehead atoms. The lowest BCUT2D eigenvalue weighted by Crippen LogP contribution is -2.42. The van der Waals surface area contributed by atoms with Crippen LogP contribution in [0.15, 0.2) is 30.3 Å². The van der Waals surface area contributed by atoms with Crippen molar-refractivity contribution in [3.8, 4) is 0 Å². The first-order chi connectivity index (χ1) is 10.1. The maximum absolute atomic E-state index is 12.3. The molecule has 2 rings (SSSR count). The Bertz CT molecular complexity index is 482. The number of carboxylic acids is 1. The van der Waals surface area contributed by atoms with E-state index in [1.54, 1.807) is 11.9 Å². The van der Waals surface area contributed by atoms with Crippen molar-refractivity contribution in [1.29, 1.82) is 0 Å². The van der Waals surface area contributed by atoms with Crippen LogP contribution in [-0.2, 0) is 9.59 Å². The molecule has 21 heavy (non-hydrogen) atoms. The van der Waals surface area contributed by atoms with E-state index in [2.05, 4.69) is 4.90 Å². The smallest absolute Gasteiger partial charge is 0.303 e. The number of carbonyl (C=O) groups excluding carboxylic acids is 1. The normalized spacial score (nSPS) is 16.6. The molecule has 5 heteroatoms. The Balaban J connectivity index is 1.80. The fraction of sp³-hybridized carbons (Fsp3) is 0.500. The molecule has 1 N–H and O–H groups in total. The molecule has 0 aliphatic carbocycles. The van der Waals surface area contributed by atoms with Crippen molar-refractivity contribution in [3.05, 3.63) is 30.3 Å². The van der Waals surface area contributed by atoms with Crippen LogP contribution in [0.2, 0.25) is 0 Å². The number of anilines is 1. The lowest BCUT2D eigenvalue weighted by Gasteiger charge is -2.31. The number of carbonyl (C=O) groups is 2. The van der Waals surface area contributed by atoms with Crippen molar-refractivity contribution < 1.29 is 14.7 Å². The first kappa shape index (κ1) is 15.5. The summed E-state index contributed by atoms with van der Waals surface area (Å²) in [5.74, 6) is -0.410. The predicted molar refractivity (Wildman–Crippen MR) is 81.3 cm³/mol. The second kappa shape index (κ2) is 7.22. The summed E-state index contributed by atoms with van der Waals surface area (Å²) in [6, 6.07) is 9.58. The molecule has 1 saturated heterocycles. The van der Waals surface area contributed by atoms with Gasteiger partial charge >= 0.3 is 5.97 Å². The summed E-state index contributed by atoms with van der Waals surface area (Å²) in [4.78, 5) is 26.7. The van der Waals surface area contributed by atoms with Crippen LogP contribution in [0.1, 0.15) is 19.3 Å². The average molecular weight is 290 g/mol. The lowest BCUT2D eigenvalue weighted by molar-refractivity contribution is -0.138. The number of carboxylic acid groups (broad SMARTS) is 1. The Hall–Kier alpha value is -1.88. The van der Waals surface area contributed by atoms with E-state index in [0.29, 0.717) is 6.54 Å². The second-order valence-electron chi connectivity index (χ2n) is 5.61. The topological polar surface area (TPSA) is 60.9 Å². The number of amides is 1. The molecule has 0 saturated carbocycles. The molecule has 0 radical (unpaired) electrons. The van der Waals surface area contributed by atoms with Gasteiger partial charge in [-0.25, -0.2) is 0 Å². The molecule has 1 amide bonds. The summed E-state index contributed by atoms with van der Waals surface area (Å²) in [6.07, 6.45) is 1.95. The number of aliphatic carboxylic acids is 1. The van der Waals surface area contributed by atoms with Crippen LogP contribution in [0.25, 0.3) is 0 Å². The minimum atomic E-state index is -0.728. The van der Waals surface area contributed by atoms with Crippen molar-refractivity contribution in [2.75, 3.05) is 31.6 Å². The monoisotopic (exact) mass is 290 g/mol. The summed E-state index contributed by atoms with van der Waals surface area (Å²) in [6.45, 7) is 1.99. The Morgan fingerprint density at radius 2 is 1.86 bits per heavy atom. The van der Waals surface area contributed by atoms with E-state index in [-0.39, 0.29) is 18.2 Å². The first-order valence-electron chi connectivity index (χ1n) is 7.32. The maximum atomic E-state index is 12.3. The van der Waals surface area contributed by atoms with E-state index >= 15 is 0 Å². The number of likely N-dealkylation sites (tertiary alicyclic amines) is 1. The van der Waals surface area contributed by atoms with Crippen molar-refractivity contribution in [3.63, 3.8) is 0 Å². The van der Waals surface area contributed by atoms with Crippen LogP contribution < -0.4 is 4.90 Å². The lowest BCUT2D eigenvalue weighted by atomic mass is 9.94. The van der Waals surface area contributed by atoms with Gasteiger partial charge in [0, 0.05) is 19.2 Å². The highest BCUT2D eigenvalue weighted by Crippen LogP contribution is 2.20. The highest BCUT2D eigenvalue weighted by atomic mass is 16.4. The minimum Gasteiger partial charge on any atom is -0.481 e. The molecule has 1 aliphatic heterocycles. The Morgan fingerprint density at radius 3 is 2.43 bits per heavy atom. The highest BCUT2D eigenvalue weighted by Gasteiger charge is 2.23. The van der Waals surface area contributed by atoms with E-state index in [1.807, 2.05) is 30.3 Å². The van der Waals surface area contributed by atoms with Crippen LogP contribution in [0.3, 0.4) is 0 Å². The molecule has 1 aromatic rings. The van der Waals surface area contributed by atoms with Crippen LogP contribution in [-0.4, -0.2) is 48.6 Å². The SMILES string of the molecule is CN(C(=O)CN1CCC(CC(=O)O)CC1)c1ccccc1. The first-order valence-corrected chi connectivity index (χ1v) is 7.32. The van der Waals surface area contributed by atoms with Crippen molar-refractivity contribution in [2.45, 2.75) is 19.3 Å². The molecule has 1 aromatic carbocycles. The van der Waals surface area contributed by atoms with E-state index in [9.17, 15) is 9.59 Å². The largest absolute Gasteiger partial charge is 0.481 e. The summed E-state index contributed by atoms with van der Waals surface area (Å²) < 4.78 is 0. The van der Waals surface area contributed by atoms with Gasteiger partial charge in [0.05, 0.1) is 6.54 Å². The van der Waals surface area contributed by atoms with Gasteiger partial charge in [-0.15, -0.1) is 0 Å². The van der Waals surface area contributed by atoms with Crippen LogP contribution >= 0.6 is 0 Å². The van der Waals surface area contributed by atoms with E-state index in [4.69, 9.17) is 5.11 Å². The third-order valence-electron chi connectivity index (χ3n) is 4.05. The zero-order valence-corrected chi connectivity index (χ0v) is 12.4. The van der Waals surface area contributed by atoms with Gasteiger partial charge in [-0.3, -0.25) is 14.5 Å². The van der Waals surface area contributed by atoms with Gasteiger partial charge < -0.3 is 10.0 Å². The number of hydrogen-bond acceptors (Lipinski definition) is 3. The van der Waals surface area contributed by atoms with Gasteiger partial charge in [0.2, 0.25) is 5.91 Å². The Labute approximate surface area is 125 Å². The number of piperidine rings is 1. The average Bonchev–Trinajstić information content (AvgIpc) is 2.49. The van der Waals surface area contributed by atoms with Crippen LogP contribution in [0.4, 0.5) is 5.69 Å². The standard InChI is InChI=1S/C16H22N2O3/c1-17(14-5-3-2-4-6-14)15(19)12-18-9-7-13(8-10-18)11-16(20)21/h2-6,13H,7-12H2,1H3,(H,20,21). The Morgan fingerprint density at radius 1 is 1.24 bits per heavy atom. The molecule has 0 unspecified atom stereocenters. The molecule has 1 fully saturated rings. The third kappa shape index (κ3) is 4.56. The van der Waals surface area contributed by atoms with Crippen LogP contribution in [0, 0.1) is 5.92 Å². The van der Waals surface area contributed by atoms with Gasteiger partial charge in [-0.05, 0) is 44.0 Å². The predicted octanol–water partition coefficient (Wildman–Crippen LogP) is 1.84. The third-order valence-corrected chi connectivity index (χ3v) is 4.05. The number of nitrogens with zero attached hydrogens (tertiary/aromatic N) is 2. The number of likely N-dealkylation sites (N-methyl/N-ethyl adjacent to an activating group) is 1. The molecule has 0 atom stereocenters. The minimum absolute atomic E-state index is 0.0675. The zero-order chi connectivity index (χ0) is 15.2. The van der Waals surface area contributed by atoms with Gasteiger partial charge in [-0.1, -0.05) is 18.2 Å². The number of para-hydroxylation sites is 1. The Kier molecular flexibility index (Phi) is 5.33. The van der Waals surface area contributed by atoms with Gasteiger partial charge in [-0.2, -0.15) is 0 Å². The van der Waals surface area contributed by atoms with Gasteiger partial charge in [0.15, 0.2) is 0 Å². The molecular formula is C16H22N2O3. The van der Waals surface area contributed by atoms with Gasteiger partial charge in [0.25, 0.3) is 0 Å². The summed E-state index contributed by atoms with van der Waals surface area (Å²) in [5, 5.41) is 8.80. The van der Waals surface area contributed by atoms with Crippen molar-refractivity contribution >= 4 is 17.6 Å². The van der Waals surface area contributed by atoms with Gasteiger partial charge in [0.1, 0.15) is 0 Å². The fourth-order valence-electron chi connectivity index (χ4n) is 2.69.